The van der Waals surface area contributed by atoms with E-state index in [1.807, 2.05) is 25.1 Å². The van der Waals surface area contributed by atoms with E-state index in [1.54, 1.807) is 16.4 Å². The lowest BCUT2D eigenvalue weighted by Gasteiger charge is -2.27. The Morgan fingerprint density at radius 3 is 2.17 bits per heavy atom. The molecule has 0 radical (unpaired) electrons. The molecule has 0 bridgehead atoms. The summed E-state index contributed by atoms with van der Waals surface area (Å²) in [4.78, 5) is 0.390. The van der Waals surface area contributed by atoms with Gasteiger partial charge in [-0.25, -0.2) is 8.42 Å². The molecule has 0 aromatic heterocycles. The van der Waals surface area contributed by atoms with Gasteiger partial charge in [0.15, 0.2) is 0 Å². The molecule has 3 nitrogen and oxygen atoms in total. The molecule has 1 aliphatic rings. The summed E-state index contributed by atoms with van der Waals surface area (Å²) in [5, 5.41) is 0. The van der Waals surface area contributed by atoms with Gasteiger partial charge >= 0.3 is 0 Å². The summed E-state index contributed by atoms with van der Waals surface area (Å²) in [6.07, 6.45) is 1.79. The van der Waals surface area contributed by atoms with Gasteiger partial charge in [0.1, 0.15) is 0 Å². The zero-order valence-corrected chi connectivity index (χ0v) is 14.7. The minimum absolute atomic E-state index is 0.0532. The van der Waals surface area contributed by atoms with Crippen LogP contribution in [0.5, 0.6) is 0 Å². The summed E-state index contributed by atoms with van der Waals surface area (Å²) >= 11 is 0. The van der Waals surface area contributed by atoms with Crippen molar-refractivity contribution in [2.45, 2.75) is 44.6 Å². The van der Waals surface area contributed by atoms with Crippen molar-refractivity contribution in [1.29, 1.82) is 0 Å². The van der Waals surface area contributed by atoms with Crippen LogP contribution in [-0.4, -0.2) is 19.3 Å². The SMILES string of the molecule is Cc1ccc(S(=O)(=O)N2CCCC2c2c(C)cccc2C)cc1. The smallest absolute Gasteiger partial charge is 0.207 e. The third-order valence-corrected chi connectivity index (χ3v) is 6.63. The lowest BCUT2D eigenvalue weighted by Crippen LogP contribution is -2.31. The number of aryl methyl sites for hydroxylation is 3. The van der Waals surface area contributed by atoms with Gasteiger partial charge in [0.25, 0.3) is 0 Å². The summed E-state index contributed by atoms with van der Waals surface area (Å²) in [6.45, 7) is 6.69. The number of benzene rings is 2. The Bertz CT molecular complexity index is 790. The van der Waals surface area contributed by atoms with E-state index in [2.05, 4.69) is 26.0 Å². The molecule has 0 spiro atoms. The van der Waals surface area contributed by atoms with Crippen LogP contribution < -0.4 is 0 Å². The molecule has 1 atom stereocenters. The summed E-state index contributed by atoms with van der Waals surface area (Å²) in [6, 6.07) is 13.3. The van der Waals surface area contributed by atoms with Crippen LogP contribution in [0.1, 0.15) is 41.1 Å². The van der Waals surface area contributed by atoms with E-state index < -0.39 is 10.0 Å². The van der Waals surface area contributed by atoms with Gasteiger partial charge in [-0.15, -0.1) is 0 Å². The highest BCUT2D eigenvalue weighted by molar-refractivity contribution is 7.89. The van der Waals surface area contributed by atoms with Gasteiger partial charge in [0.05, 0.1) is 10.9 Å². The lowest BCUT2D eigenvalue weighted by molar-refractivity contribution is 0.394. The van der Waals surface area contributed by atoms with Gasteiger partial charge < -0.3 is 0 Å². The van der Waals surface area contributed by atoms with Gasteiger partial charge in [0.2, 0.25) is 10.0 Å². The van der Waals surface area contributed by atoms with Gasteiger partial charge in [-0.1, -0.05) is 35.9 Å². The maximum atomic E-state index is 13.1. The standard InChI is InChI=1S/C19H23NO2S/c1-14-9-11-17(12-10-14)23(21,22)20-13-5-8-18(20)19-15(2)6-4-7-16(19)3/h4,6-7,9-12,18H,5,8,13H2,1-3H3. The Morgan fingerprint density at radius 2 is 1.57 bits per heavy atom. The summed E-state index contributed by atoms with van der Waals surface area (Å²) < 4.78 is 27.8. The third-order valence-electron chi connectivity index (χ3n) is 4.71. The second-order valence-electron chi connectivity index (χ2n) is 6.39. The first-order valence-corrected chi connectivity index (χ1v) is 9.50. The van der Waals surface area contributed by atoms with Crippen molar-refractivity contribution in [3.05, 3.63) is 64.7 Å². The number of hydrogen-bond donors (Lipinski definition) is 0. The molecule has 0 N–H and O–H groups in total. The Morgan fingerprint density at radius 1 is 0.957 bits per heavy atom. The van der Waals surface area contributed by atoms with Crippen LogP contribution in [0.25, 0.3) is 0 Å². The first kappa shape index (κ1) is 16.2. The summed E-state index contributed by atoms with van der Waals surface area (Å²) in [5.41, 5.74) is 4.57. The fourth-order valence-electron chi connectivity index (χ4n) is 3.51. The van der Waals surface area contributed by atoms with Gasteiger partial charge in [-0.05, 0) is 62.4 Å². The summed E-state index contributed by atoms with van der Waals surface area (Å²) in [5.74, 6) is 0. The first-order chi connectivity index (χ1) is 10.9. The average molecular weight is 329 g/mol. The van der Waals surface area contributed by atoms with Crippen LogP contribution in [0.3, 0.4) is 0 Å². The molecular formula is C19H23NO2S. The van der Waals surface area contributed by atoms with Crippen LogP contribution in [0, 0.1) is 20.8 Å². The highest BCUT2D eigenvalue weighted by Crippen LogP contribution is 2.39. The van der Waals surface area contributed by atoms with Crippen molar-refractivity contribution in [1.82, 2.24) is 4.31 Å². The van der Waals surface area contributed by atoms with Crippen molar-refractivity contribution in [3.63, 3.8) is 0 Å². The van der Waals surface area contributed by atoms with E-state index in [0.717, 1.165) is 18.4 Å². The van der Waals surface area contributed by atoms with E-state index in [4.69, 9.17) is 0 Å². The summed E-state index contributed by atoms with van der Waals surface area (Å²) in [7, 11) is -3.45. The van der Waals surface area contributed by atoms with Crippen LogP contribution in [-0.2, 0) is 10.0 Å². The molecule has 1 heterocycles. The fraction of sp³-hybridized carbons (Fsp3) is 0.368. The topological polar surface area (TPSA) is 37.4 Å². The first-order valence-electron chi connectivity index (χ1n) is 8.06. The van der Waals surface area contributed by atoms with Crippen LogP contribution in [0.2, 0.25) is 0 Å². The average Bonchev–Trinajstić information content (AvgIpc) is 2.97. The minimum atomic E-state index is -3.45. The molecule has 0 saturated carbocycles. The predicted molar refractivity (Wildman–Crippen MR) is 93.0 cm³/mol. The van der Waals surface area contributed by atoms with Crippen molar-refractivity contribution in [2.75, 3.05) is 6.54 Å². The maximum absolute atomic E-state index is 13.1. The monoisotopic (exact) mass is 329 g/mol. The molecule has 3 rings (SSSR count). The lowest BCUT2D eigenvalue weighted by atomic mass is 9.95. The highest BCUT2D eigenvalue weighted by atomic mass is 32.2. The second-order valence-corrected chi connectivity index (χ2v) is 8.28. The van der Waals surface area contributed by atoms with E-state index >= 15 is 0 Å². The Kier molecular flexibility index (Phi) is 4.30. The Balaban J connectivity index is 2.03. The zero-order chi connectivity index (χ0) is 16.6. The van der Waals surface area contributed by atoms with Crippen LogP contribution >= 0.6 is 0 Å². The van der Waals surface area contributed by atoms with Crippen LogP contribution in [0.15, 0.2) is 47.4 Å². The molecule has 2 aromatic rings. The third kappa shape index (κ3) is 2.93. The number of sulfonamides is 1. The zero-order valence-electron chi connectivity index (χ0n) is 13.9. The van der Waals surface area contributed by atoms with Gasteiger partial charge in [0, 0.05) is 6.54 Å². The van der Waals surface area contributed by atoms with Crippen molar-refractivity contribution in [3.8, 4) is 0 Å². The second kappa shape index (κ2) is 6.10. The molecule has 0 aliphatic carbocycles. The molecule has 23 heavy (non-hydrogen) atoms. The Labute approximate surface area is 139 Å². The van der Waals surface area contributed by atoms with Gasteiger partial charge in [-0.2, -0.15) is 4.31 Å². The quantitative estimate of drug-likeness (QED) is 0.849. The molecule has 4 heteroatoms. The van der Waals surface area contributed by atoms with Crippen molar-refractivity contribution in [2.24, 2.45) is 0 Å². The fourth-order valence-corrected chi connectivity index (χ4v) is 5.18. The molecule has 0 amide bonds. The van der Waals surface area contributed by atoms with E-state index in [1.165, 1.54) is 16.7 Å². The molecular weight excluding hydrogens is 306 g/mol. The highest BCUT2D eigenvalue weighted by Gasteiger charge is 2.37. The van der Waals surface area contributed by atoms with E-state index in [0.29, 0.717) is 11.4 Å². The molecule has 2 aromatic carbocycles. The predicted octanol–water partition coefficient (Wildman–Crippen LogP) is 4.14. The van der Waals surface area contributed by atoms with Gasteiger partial charge in [-0.3, -0.25) is 0 Å². The van der Waals surface area contributed by atoms with E-state index in [-0.39, 0.29) is 6.04 Å². The molecule has 1 saturated heterocycles. The normalized spacial score (nSPS) is 19.2. The van der Waals surface area contributed by atoms with Crippen molar-refractivity contribution >= 4 is 10.0 Å². The molecule has 1 fully saturated rings. The Hall–Kier alpha value is -1.65. The molecule has 1 aliphatic heterocycles. The number of rotatable bonds is 3. The molecule has 1 unspecified atom stereocenters. The number of nitrogens with zero attached hydrogens (tertiary/aromatic N) is 1. The van der Waals surface area contributed by atoms with E-state index in [9.17, 15) is 8.42 Å². The minimum Gasteiger partial charge on any atom is -0.207 e. The molecule has 122 valence electrons. The largest absolute Gasteiger partial charge is 0.243 e. The number of hydrogen-bond acceptors (Lipinski definition) is 2. The van der Waals surface area contributed by atoms with Crippen molar-refractivity contribution < 1.29 is 8.42 Å². The van der Waals surface area contributed by atoms with Crippen LogP contribution in [0.4, 0.5) is 0 Å². The maximum Gasteiger partial charge on any atom is 0.243 e.